The highest BCUT2D eigenvalue weighted by atomic mass is 32.2. The van der Waals surface area contributed by atoms with Crippen LogP contribution in [0.25, 0.3) is 11.4 Å². The van der Waals surface area contributed by atoms with E-state index in [1.54, 1.807) is 11.3 Å². The number of thioether (sulfide) groups is 1. The molecule has 0 radical (unpaired) electrons. The minimum Gasteiger partial charge on any atom is -0.465 e. The lowest BCUT2D eigenvalue weighted by atomic mass is 10.1. The fourth-order valence-electron chi connectivity index (χ4n) is 3.02. The molecule has 0 spiro atoms. The number of aromatic nitrogens is 3. The van der Waals surface area contributed by atoms with Crippen molar-refractivity contribution in [2.24, 2.45) is 0 Å². The van der Waals surface area contributed by atoms with Gasteiger partial charge in [0, 0.05) is 27.2 Å². The van der Waals surface area contributed by atoms with Crippen LogP contribution in [0.4, 0.5) is 5.00 Å². The van der Waals surface area contributed by atoms with Crippen LogP contribution >= 0.6 is 34.4 Å². The molecular formula is C21H26N4O3S3. The van der Waals surface area contributed by atoms with Crippen molar-refractivity contribution in [1.82, 2.24) is 14.8 Å². The van der Waals surface area contributed by atoms with Crippen molar-refractivity contribution >= 4 is 51.3 Å². The smallest absolute Gasteiger partial charge is 0.341 e. The SMILES string of the molecule is CCn1c(SCC(=O)Nc2sc(C)c(C)c2C(=O)OC)nnc1-c1csc(C(C)C)c1. The fraction of sp³-hybridized carbons (Fsp3) is 0.429. The molecule has 0 saturated heterocycles. The number of nitrogens with one attached hydrogen (secondary N) is 1. The number of esters is 1. The molecule has 0 bridgehead atoms. The summed E-state index contributed by atoms with van der Waals surface area (Å²) in [6.45, 7) is 10.8. The molecule has 3 heterocycles. The third-order valence-corrected chi connectivity index (χ3v) is 8.16. The standard InChI is InChI=1S/C21H26N4O3S3/c1-7-25-18(14-8-15(11(2)3)29-9-14)23-24-21(25)30-10-16(26)22-19-17(20(27)28-6)12(4)13(5)31-19/h8-9,11H,7,10H2,1-6H3,(H,22,26). The van der Waals surface area contributed by atoms with E-state index in [2.05, 4.69) is 40.8 Å². The van der Waals surface area contributed by atoms with Crippen LogP contribution in [-0.2, 0) is 16.1 Å². The minimum absolute atomic E-state index is 0.162. The molecule has 0 aliphatic heterocycles. The Labute approximate surface area is 194 Å². The summed E-state index contributed by atoms with van der Waals surface area (Å²) in [5, 5.41) is 14.8. The number of hydrogen-bond donors (Lipinski definition) is 1. The van der Waals surface area contributed by atoms with Gasteiger partial charge in [0.25, 0.3) is 0 Å². The van der Waals surface area contributed by atoms with Crippen molar-refractivity contribution in [1.29, 1.82) is 0 Å². The zero-order valence-electron chi connectivity index (χ0n) is 18.4. The average Bonchev–Trinajstić information content (AvgIpc) is 3.43. The largest absolute Gasteiger partial charge is 0.465 e. The molecule has 0 atom stereocenters. The Morgan fingerprint density at radius 1 is 1.29 bits per heavy atom. The van der Waals surface area contributed by atoms with Gasteiger partial charge in [-0.15, -0.1) is 32.9 Å². The van der Waals surface area contributed by atoms with E-state index in [1.807, 2.05) is 25.3 Å². The van der Waals surface area contributed by atoms with Gasteiger partial charge in [0.2, 0.25) is 5.91 Å². The van der Waals surface area contributed by atoms with Gasteiger partial charge in [-0.05, 0) is 38.3 Å². The van der Waals surface area contributed by atoms with Crippen molar-refractivity contribution in [2.75, 3.05) is 18.2 Å². The van der Waals surface area contributed by atoms with E-state index in [0.29, 0.717) is 28.2 Å². The Balaban J connectivity index is 1.72. The molecule has 3 aromatic heterocycles. The van der Waals surface area contributed by atoms with Crippen LogP contribution in [0.3, 0.4) is 0 Å². The maximum atomic E-state index is 12.6. The predicted molar refractivity (Wildman–Crippen MR) is 128 cm³/mol. The summed E-state index contributed by atoms with van der Waals surface area (Å²) in [5.74, 6) is 0.785. The second kappa shape index (κ2) is 9.97. The molecule has 10 heteroatoms. The molecule has 0 fully saturated rings. The predicted octanol–water partition coefficient (Wildman–Crippen LogP) is 5.35. The third-order valence-electron chi connectivity index (χ3n) is 4.84. The molecule has 1 N–H and O–H groups in total. The quantitative estimate of drug-likeness (QED) is 0.347. The number of ether oxygens (including phenoxy) is 1. The first kappa shape index (κ1) is 23.5. The number of aryl methyl sites for hydroxylation is 1. The third kappa shape index (κ3) is 5.02. The van der Waals surface area contributed by atoms with Gasteiger partial charge in [0.15, 0.2) is 11.0 Å². The maximum Gasteiger partial charge on any atom is 0.341 e. The first-order valence-electron chi connectivity index (χ1n) is 9.89. The van der Waals surface area contributed by atoms with Crippen molar-refractivity contribution in [3.05, 3.63) is 32.3 Å². The number of anilines is 1. The highest BCUT2D eigenvalue weighted by Crippen LogP contribution is 2.34. The van der Waals surface area contributed by atoms with E-state index in [0.717, 1.165) is 21.8 Å². The number of hydrogen-bond acceptors (Lipinski definition) is 8. The van der Waals surface area contributed by atoms with Crippen LogP contribution in [-0.4, -0.2) is 39.5 Å². The normalized spacial score (nSPS) is 11.2. The van der Waals surface area contributed by atoms with E-state index in [4.69, 9.17) is 4.74 Å². The summed E-state index contributed by atoms with van der Waals surface area (Å²) in [4.78, 5) is 27.0. The Morgan fingerprint density at radius 3 is 2.65 bits per heavy atom. The lowest BCUT2D eigenvalue weighted by molar-refractivity contribution is -0.113. The van der Waals surface area contributed by atoms with Crippen LogP contribution in [0.5, 0.6) is 0 Å². The second-order valence-corrected chi connectivity index (χ2v) is 10.4. The average molecular weight is 479 g/mol. The highest BCUT2D eigenvalue weighted by molar-refractivity contribution is 7.99. The molecule has 3 rings (SSSR count). The first-order valence-corrected chi connectivity index (χ1v) is 12.6. The van der Waals surface area contributed by atoms with Crippen molar-refractivity contribution < 1.29 is 14.3 Å². The molecule has 0 aromatic carbocycles. The zero-order valence-corrected chi connectivity index (χ0v) is 20.9. The monoisotopic (exact) mass is 478 g/mol. The Hall–Kier alpha value is -2.17. The van der Waals surface area contributed by atoms with E-state index >= 15 is 0 Å². The van der Waals surface area contributed by atoms with Crippen molar-refractivity contribution in [3.8, 4) is 11.4 Å². The maximum absolute atomic E-state index is 12.6. The van der Waals surface area contributed by atoms with Gasteiger partial charge in [-0.1, -0.05) is 25.6 Å². The summed E-state index contributed by atoms with van der Waals surface area (Å²) < 4.78 is 6.88. The fourth-order valence-corrected chi connectivity index (χ4v) is 5.79. The number of carbonyl (C=O) groups excluding carboxylic acids is 2. The van der Waals surface area contributed by atoms with E-state index in [-0.39, 0.29) is 11.7 Å². The van der Waals surface area contributed by atoms with Gasteiger partial charge in [-0.3, -0.25) is 4.79 Å². The molecule has 0 unspecified atom stereocenters. The van der Waals surface area contributed by atoms with Gasteiger partial charge in [-0.2, -0.15) is 0 Å². The summed E-state index contributed by atoms with van der Waals surface area (Å²) in [7, 11) is 1.34. The van der Waals surface area contributed by atoms with Gasteiger partial charge in [0.05, 0.1) is 18.4 Å². The molecule has 0 aliphatic carbocycles. The molecule has 166 valence electrons. The molecule has 3 aromatic rings. The lowest BCUT2D eigenvalue weighted by Crippen LogP contribution is -2.16. The van der Waals surface area contributed by atoms with Crippen LogP contribution in [0.2, 0.25) is 0 Å². The van der Waals surface area contributed by atoms with E-state index in [9.17, 15) is 9.59 Å². The molecule has 7 nitrogen and oxygen atoms in total. The van der Waals surface area contributed by atoms with Gasteiger partial charge in [0.1, 0.15) is 5.00 Å². The minimum atomic E-state index is -0.447. The Kier molecular flexibility index (Phi) is 7.55. The van der Waals surface area contributed by atoms with Gasteiger partial charge in [-0.25, -0.2) is 4.79 Å². The van der Waals surface area contributed by atoms with Crippen LogP contribution in [0, 0.1) is 13.8 Å². The molecule has 0 aliphatic rings. The number of amides is 1. The van der Waals surface area contributed by atoms with Crippen molar-refractivity contribution in [2.45, 2.75) is 52.2 Å². The lowest BCUT2D eigenvalue weighted by Gasteiger charge is -2.08. The van der Waals surface area contributed by atoms with E-state index < -0.39 is 5.97 Å². The van der Waals surface area contributed by atoms with Crippen LogP contribution < -0.4 is 5.32 Å². The summed E-state index contributed by atoms with van der Waals surface area (Å²) in [5.41, 5.74) is 2.29. The number of carbonyl (C=O) groups is 2. The summed E-state index contributed by atoms with van der Waals surface area (Å²) in [6.07, 6.45) is 0. The molecule has 0 saturated carbocycles. The number of nitrogens with zero attached hydrogens (tertiary/aromatic N) is 3. The number of rotatable bonds is 8. The Morgan fingerprint density at radius 2 is 2.03 bits per heavy atom. The van der Waals surface area contributed by atoms with Crippen LogP contribution in [0.15, 0.2) is 16.6 Å². The first-order chi connectivity index (χ1) is 14.8. The number of methoxy groups -OCH3 is 1. The van der Waals surface area contributed by atoms with Crippen molar-refractivity contribution in [3.63, 3.8) is 0 Å². The van der Waals surface area contributed by atoms with Gasteiger partial charge < -0.3 is 14.6 Å². The summed E-state index contributed by atoms with van der Waals surface area (Å²) >= 11 is 4.42. The van der Waals surface area contributed by atoms with Gasteiger partial charge >= 0.3 is 5.97 Å². The number of thiophene rings is 2. The zero-order chi connectivity index (χ0) is 22.7. The Bertz CT molecular complexity index is 1100. The highest BCUT2D eigenvalue weighted by Gasteiger charge is 2.22. The molecule has 31 heavy (non-hydrogen) atoms. The topological polar surface area (TPSA) is 86.1 Å². The molecule has 1 amide bonds. The van der Waals surface area contributed by atoms with Crippen LogP contribution in [0.1, 0.15) is 52.4 Å². The second-order valence-electron chi connectivity index (χ2n) is 7.26. The summed E-state index contributed by atoms with van der Waals surface area (Å²) in [6, 6.07) is 2.16. The molecular weight excluding hydrogens is 452 g/mol. The van der Waals surface area contributed by atoms with E-state index in [1.165, 1.54) is 35.1 Å².